The van der Waals surface area contributed by atoms with Gasteiger partial charge in [0.05, 0.1) is 0 Å². The first kappa shape index (κ1) is 31.7. The summed E-state index contributed by atoms with van der Waals surface area (Å²) in [6.07, 6.45) is -0.605. The van der Waals surface area contributed by atoms with E-state index in [1.807, 2.05) is 72.7 Å². The second-order valence-corrected chi connectivity index (χ2v) is 12.9. The zero-order valence-corrected chi connectivity index (χ0v) is 25.0. The van der Waals surface area contributed by atoms with Crippen molar-refractivity contribution in [2.45, 2.75) is 104 Å². The molecule has 2 atom stereocenters. The Hall–Kier alpha value is -3.55. The van der Waals surface area contributed by atoms with Crippen LogP contribution in [0.15, 0.2) is 48.5 Å². The van der Waals surface area contributed by atoms with Gasteiger partial charge in [-0.05, 0) is 98.1 Å². The van der Waals surface area contributed by atoms with E-state index in [0.717, 1.165) is 11.1 Å². The lowest BCUT2D eigenvalue weighted by atomic mass is 9.91. The summed E-state index contributed by atoms with van der Waals surface area (Å²) in [4.78, 5) is 42.8. The molecule has 39 heavy (non-hydrogen) atoms. The molecule has 0 bridgehead atoms. The molecular formula is C31H45N3O5. The van der Waals surface area contributed by atoms with Crippen molar-refractivity contribution < 1.29 is 24.2 Å². The van der Waals surface area contributed by atoms with Crippen molar-refractivity contribution in [3.8, 4) is 5.75 Å². The van der Waals surface area contributed by atoms with Crippen LogP contribution in [-0.2, 0) is 20.7 Å². The maximum atomic E-state index is 14.5. The molecule has 0 saturated heterocycles. The topological polar surface area (TPSA) is 108 Å². The molecule has 0 aliphatic carbocycles. The first-order chi connectivity index (χ1) is 17.8. The Bertz CT molecular complexity index is 1150. The number of alkyl carbamates (subject to hydrolysis) is 1. The molecule has 0 radical (unpaired) electrons. The van der Waals surface area contributed by atoms with Gasteiger partial charge in [0.25, 0.3) is 0 Å². The second-order valence-electron chi connectivity index (χ2n) is 12.9. The number of nitrogens with zero attached hydrogens (tertiary/aromatic N) is 1. The van der Waals surface area contributed by atoms with Crippen molar-refractivity contribution >= 4 is 17.9 Å². The molecular weight excluding hydrogens is 494 g/mol. The van der Waals surface area contributed by atoms with E-state index in [-0.39, 0.29) is 18.1 Å². The van der Waals surface area contributed by atoms with E-state index in [4.69, 9.17) is 4.74 Å². The lowest BCUT2D eigenvalue weighted by molar-refractivity contribution is -0.149. The van der Waals surface area contributed by atoms with Gasteiger partial charge < -0.3 is 25.4 Å². The standard InChI is InChI=1S/C31H45N3O5/c1-20-13-11-12-14-23(20)25(26(36)33-29(2,3)4)34(30(5,6)7)27(37)24(32-28(38)39-31(8,9)10)19-21-15-17-22(35)18-16-21/h11-18,24-25,35H,19H2,1-10H3,(H,32,38)(H,33,36). The van der Waals surface area contributed by atoms with Gasteiger partial charge in [0.15, 0.2) is 0 Å². The molecule has 0 saturated carbocycles. The Morgan fingerprint density at radius 2 is 1.46 bits per heavy atom. The summed E-state index contributed by atoms with van der Waals surface area (Å²) in [5.41, 5.74) is 0.179. The van der Waals surface area contributed by atoms with Gasteiger partial charge in [-0.1, -0.05) is 36.4 Å². The first-order valence-electron chi connectivity index (χ1n) is 13.3. The molecule has 2 aromatic carbocycles. The van der Waals surface area contributed by atoms with E-state index in [1.165, 1.54) is 12.1 Å². The number of phenolic OH excluding ortho intramolecular Hbond substituents is 1. The number of amides is 3. The van der Waals surface area contributed by atoms with Crippen LogP contribution in [0.3, 0.4) is 0 Å². The molecule has 8 heteroatoms. The minimum absolute atomic E-state index is 0.0940. The lowest BCUT2D eigenvalue weighted by Gasteiger charge is -2.44. The maximum absolute atomic E-state index is 14.5. The van der Waals surface area contributed by atoms with E-state index < -0.39 is 40.8 Å². The van der Waals surface area contributed by atoms with Crippen LogP contribution in [0.4, 0.5) is 4.79 Å². The Morgan fingerprint density at radius 1 is 0.897 bits per heavy atom. The van der Waals surface area contributed by atoms with Crippen LogP contribution in [0.25, 0.3) is 0 Å². The molecule has 2 unspecified atom stereocenters. The maximum Gasteiger partial charge on any atom is 0.408 e. The molecule has 0 aromatic heterocycles. The molecule has 214 valence electrons. The quantitative estimate of drug-likeness (QED) is 0.436. The van der Waals surface area contributed by atoms with Gasteiger partial charge in [0.2, 0.25) is 11.8 Å². The number of carbonyl (C=O) groups excluding carboxylic acids is 3. The summed E-state index contributed by atoms with van der Waals surface area (Å²) in [6, 6.07) is 11.9. The van der Waals surface area contributed by atoms with Crippen LogP contribution < -0.4 is 10.6 Å². The fraction of sp³-hybridized carbons (Fsp3) is 0.516. The number of rotatable bonds is 7. The highest BCUT2D eigenvalue weighted by molar-refractivity contribution is 5.93. The average molecular weight is 540 g/mol. The third kappa shape index (κ3) is 9.61. The van der Waals surface area contributed by atoms with Gasteiger partial charge >= 0.3 is 6.09 Å². The summed E-state index contributed by atoms with van der Waals surface area (Å²) in [5.74, 6) is -0.656. The van der Waals surface area contributed by atoms with Crippen LogP contribution >= 0.6 is 0 Å². The second kappa shape index (κ2) is 12.1. The van der Waals surface area contributed by atoms with Crippen LogP contribution in [0.2, 0.25) is 0 Å². The molecule has 0 aliphatic rings. The molecule has 0 heterocycles. The molecule has 2 rings (SSSR count). The monoisotopic (exact) mass is 539 g/mol. The summed E-state index contributed by atoms with van der Waals surface area (Å²) in [6.45, 7) is 18.4. The van der Waals surface area contributed by atoms with E-state index >= 15 is 0 Å². The van der Waals surface area contributed by atoms with Gasteiger partial charge in [0, 0.05) is 17.5 Å². The van der Waals surface area contributed by atoms with E-state index in [1.54, 1.807) is 37.8 Å². The molecule has 8 nitrogen and oxygen atoms in total. The van der Waals surface area contributed by atoms with Crippen molar-refractivity contribution in [2.24, 2.45) is 0 Å². The third-order valence-electron chi connectivity index (χ3n) is 5.81. The Balaban J connectivity index is 2.65. The van der Waals surface area contributed by atoms with Gasteiger partial charge in [0.1, 0.15) is 23.4 Å². The van der Waals surface area contributed by atoms with Crippen LogP contribution in [0.1, 0.15) is 85.0 Å². The zero-order chi connectivity index (χ0) is 29.8. The number of aryl methyl sites for hydroxylation is 1. The van der Waals surface area contributed by atoms with E-state index in [9.17, 15) is 19.5 Å². The van der Waals surface area contributed by atoms with Gasteiger partial charge in [-0.25, -0.2) is 4.79 Å². The fourth-order valence-corrected chi connectivity index (χ4v) is 4.26. The van der Waals surface area contributed by atoms with Crippen LogP contribution in [0, 0.1) is 6.92 Å². The fourth-order valence-electron chi connectivity index (χ4n) is 4.26. The van der Waals surface area contributed by atoms with E-state index in [2.05, 4.69) is 10.6 Å². The predicted molar refractivity (Wildman–Crippen MR) is 153 cm³/mol. The third-order valence-corrected chi connectivity index (χ3v) is 5.81. The van der Waals surface area contributed by atoms with Gasteiger partial charge in [-0.3, -0.25) is 9.59 Å². The smallest absolute Gasteiger partial charge is 0.408 e. The number of carbonyl (C=O) groups is 3. The predicted octanol–water partition coefficient (Wildman–Crippen LogP) is 5.42. The summed E-state index contributed by atoms with van der Waals surface area (Å²) in [7, 11) is 0. The van der Waals surface area contributed by atoms with E-state index in [0.29, 0.717) is 5.56 Å². The number of nitrogens with one attached hydrogen (secondary N) is 2. The Morgan fingerprint density at radius 3 is 1.95 bits per heavy atom. The number of hydrogen-bond acceptors (Lipinski definition) is 5. The average Bonchev–Trinajstić information content (AvgIpc) is 2.75. The van der Waals surface area contributed by atoms with Crippen molar-refractivity contribution in [3.63, 3.8) is 0 Å². The van der Waals surface area contributed by atoms with Gasteiger partial charge in [-0.2, -0.15) is 0 Å². The number of hydrogen-bond donors (Lipinski definition) is 3. The highest BCUT2D eigenvalue weighted by Gasteiger charge is 2.43. The molecule has 0 spiro atoms. The molecule has 0 aliphatic heterocycles. The van der Waals surface area contributed by atoms with Crippen molar-refractivity contribution in [2.75, 3.05) is 0 Å². The minimum Gasteiger partial charge on any atom is -0.508 e. The highest BCUT2D eigenvalue weighted by atomic mass is 16.6. The number of ether oxygens (including phenoxy) is 1. The number of benzene rings is 2. The minimum atomic E-state index is -1.04. The van der Waals surface area contributed by atoms with Crippen LogP contribution in [0.5, 0.6) is 5.75 Å². The summed E-state index contributed by atoms with van der Waals surface area (Å²) in [5, 5.41) is 15.5. The first-order valence-corrected chi connectivity index (χ1v) is 13.3. The normalized spacial score (nSPS) is 13.7. The molecule has 3 N–H and O–H groups in total. The number of aromatic hydroxyl groups is 1. The SMILES string of the molecule is Cc1ccccc1C(C(=O)NC(C)(C)C)N(C(=O)C(Cc1ccc(O)cc1)NC(=O)OC(C)(C)C)C(C)(C)C. The molecule has 2 aromatic rings. The molecule has 0 fully saturated rings. The van der Waals surface area contributed by atoms with Crippen LogP contribution in [-0.4, -0.2) is 50.6 Å². The number of phenols is 1. The zero-order valence-electron chi connectivity index (χ0n) is 25.0. The largest absolute Gasteiger partial charge is 0.508 e. The highest BCUT2D eigenvalue weighted by Crippen LogP contribution is 2.32. The van der Waals surface area contributed by atoms with Crippen molar-refractivity contribution in [1.82, 2.24) is 15.5 Å². The van der Waals surface area contributed by atoms with Crippen molar-refractivity contribution in [3.05, 3.63) is 65.2 Å². The van der Waals surface area contributed by atoms with Crippen molar-refractivity contribution in [1.29, 1.82) is 0 Å². The summed E-state index contributed by atoms with van der Waals surface area (Å²) < 4.78 is 5.48. The van der Waals surface area contributed by atoms with Gasteiger partial charge in [-0.15, -0.1) is 0 Å². The Kier molecular flexibility index (Phi) is 9.82. The Labute approximate surface area is 233 Å². The molecule has 3 amide bonds. The lowest BCUT2D eigenvalue weighted by Crippen LogP contribution is -2.60. The summed E-state index contributed by atoms with van der Waals surface area (Å²) >= 11 is 0.